The molecule has 1 N–H and O–H groups in total. The summed E-state index contributed by atoms with van der Waals surface area (Å²) in [4.78, 5) is 51.2. The van der Waals surface area contributed by atoms with Crippen molar-refractivity contribution in [2.45, 2.75) is 40.3 Å². The van der Waals surface area contributed by atoms with Crippen molar-refractivity contribution in [2.24, 2.45) is 0 Å². The van der Waals surface area contributed by atoms with Crippen LogP contribution < -0.4 is 10.2 Å². The van der Waals surface area contributed by atoms with Crippen LogP contribution in [0, 0.1) is 0 Å². The monoisotopic (exact) mass is 477 g/mol. The normalized spacial score (nSPS) is 11.7. The van der Waals surface area contributed by atoms with Crippen LogP contribution in [0.3, 0.4) is 0 Å². The minimum Gasteiger partial charge on any atom is -0.464 e. The van der Waals surface area contributed by atoms with Crippen molar-refractivity contribution in [1.82, 2.24) is 10.2 Å². The number of ether oxygens (including phenoxy) is 1. The van der Waals surface area contributed by atoms with Gasteiger partial charge in [0.25, 0.3) is 11.8 Å². The highest BCUT2D eigenvalue weighted by atomic mass is 16.5. The molecule has 184 valence electrons. The largest absolute Gasteiger partial charge is 0.464 e. The topological polar surface area (TPSA) is 96.0 Å². The number of fused-ring (bicyclic) bond motifs is 1. The van der Waals surface area contributed by atoms with E-state index in [2.05, 4.69) is 23.2 Å². The van der Waals surface area contributed by atoms with E-state index in [9.17, 15) is 19.2 Å². The van der Waals surface area contributed by atoms with E-state index in [4.69, 9.17) is 0 Å². The first-order valence-corrected chi connectivity index (χ1v) is 11.2. The Morgan fingerprint density at radius 2 is 1.69 bits per heavy atom. The molecular weight excluding hydrogens is 446 g/mol. The molecule has 0 bridgehead atoms. The first-order chi connectivity index (χ1) is 16.7. The van der Waals surface area contributed by atoms with Gasteiger partial charge in [0.2, 0.25) is 6.41 Å². The number of rotatable bonds is 8. The first kappa shape index (κ1) is 27.0. The van der Waals surface area contributed by atoms with Crippen molar-refractivity contribution in [3.05, 3.63) is 78.1 Å². The van der Waals surface area contributed by atoms with Crippen LogP contribution in [0.2, 0.25) is 0 Å². The highest BCUT2D eigenvalue weighted by Gasteiger charge is 2.33. The van der Waals surface area contributed by atoms with Gasteiger partial charge in [0.05, 0.1) is 13.7 Å². The number of carbonyl (C=O) groups excluding carboxylic acids is 4. The SMILES string of the molecule is C=C(NC(=O)C(=C)N1Cc2c(cccc2-c2ccc(N(C=O)C(C)C)cc2)C1=O)C(=O)OC.CC. The molecule has 0 radical (unpaired) electrons. The molecule has 0 aromatic heterocycles. The van der Waals surface area contributed by atoms with Gasteiger partial charge < -0.3 is 15.0 Å². The number of esters is 1. The van der Waals surface area contributed by atoms with Crippen molar-refractivity contribution in [3.8, 4) is 11.1 Å². The minimum atomic E-state index is -0.788. The fraction of sp³-hybridized carbons (Fsp3) is 0.259. The lowest BCUT2D eigenvalue weighted by Gasteiger charge is -2.22. The molecule has 3 rings (SSSR count). The van der Waals surface area contributed by atoms with Gasteiger partial charge in [-0.3, -0.25) is 19.3 Å². The van der Waals surface area contributed by atoms with Crippen molar-refractivity contribution in [3.63, 3.8) is 0 Å². The average molecular weight is 478 g/mol. The number of anilines is 1. The molecule has 35 heavy (non-hydrogen) atoms. The summed E-state index contributed by atoms with van der Waals surface area (Å²) in [6, 6.07) is 12.9. The third-order valence-corrected chi connectivity index (χ3v) is 5.40. The molecular formula is C27H31N3O5. The lowest BCUT2D eigenvalue weighted by Crippen LogP contribution is -2.36. The smallest absolute Gasteiger partial charge is 0.353 e. The van der Waals surface area contributed by atoms with Crippen LogP contribution in [0.1, 0.15) is 43.6 Å². The van der Waals surface area contributed by atoms with Gasteiger partial charge in [-0.1, -0.05) is 51.3 Å². The van der Waals surface area contributed by atoms with E-state index in [1.807, 2.05) is 58.0 Å². The van der Waals surface area contributed by atoms with Crippen molar-refractivity contribution >= 4 is 29.9 Å². The molecule has 1 heterocycles. The van der Waals surface area contributed by atoms with Gasteiger partial charge in [0.1, 0.15) is 11.4 Å². The van der Waals surface area contributed by atoms with Crippen LogP contribution in [0.5, 0.6) is 0 Å². The molecule has 2 aromatic carbocycles. The summed E-state index contributed by atoms with van der Waals surface area (Å²) in [6.07, 6.45) is 0.794. The summed E-state index contributed by atoms with van der Waals surface area (Å²) >= 11 is 0. The number of benzene rings is 2. The molecule has 8 nitrogen and oxygen atoms in total. The van der Waals surface area contributed by atoms with E-state index < -0.39 is 11.9 Å². The Morgan fingerprint density at radius 1 is 1.09 bits per heavy atom. The zero-order chi connectivity index (χ0) is 26.3. The van der Waals surface area contributed by atoms with Crippen molar-refractivity contribution in [1.29, 1.82) is 0 Å². The Bertz CT molecular complexity index is 1150. The van der Waals surface area contributed by atoms with E-state index in [1.54, 1.807) is 17.0 Å². The van der Waals surface area contributed by atoms with Gasteiger partial charge >= 0.3 is 5.97 Å². The second-order valence-corrected chi connectivity index (χ2v) is 7.75. The number of methoxy groups -OCH3 is 1. The van der Waals surface area contributed by atoms with E-state index in [0.29, 0.717) is 5.56 Å². The van der Waals surface area contributed by atoms with Crippen LogP contribution in [0.4, 0.5) is 5.69 Å². The predicted molar refractivity (Wildman–Crippen MR) is 135 cm³/mol. The summed E-state index contributed by atoms with van der Waals surface area (Å²) in [5.74, 6) is -1.87. The Balaban J connectivity index is 0.00000210. The summed E-state index contributed by atoms with van der Waals surface area (Å²) in [6.45, 7) is 15.2. The number of hydrogen-bond donors (Lipinski definition) is 1. The van der Waals surface area contributed by atoms with Crippen LogP contribution >= 0.6 is 0 Å². The summed E-state index contributed by atoms with van der Waals surface area (Å²) < 4.78 is 4.51. The molecule has 0 spiro atoms. The lowest BCUT2D eigenvalue weighted by atomic mass is 9.96. The molecule has 1 aliphatic rings. The standard InChI is InChI=1S/C25H25N3O5.C2H6/c1-15(2)28(14-29)19-11-9-18(10-12-19)20-7-6-8-21-22(20)13-27(24(21)31)17(4)23(30)26-16(3)25(32)33-5;1-2/h6-12,14-15H,3-4,13H2,1-2,5H3,(H,26,30);1-2H3. The third kappa shape index (κ3) is 5.66. The maximum atomic E-state index is 13.0. The lowest BCUT2D eigenvalue weighted by molar-refractivity contribution is -0.137. The van der Waals surface area contributed by atoms with Crippen LogP contribution in [0.15, 0.2) is 67.0 Å². The van der Waals surface area contributed by atoms with E-state index in [0.717, 1.165) is 28.8 Å². The second-order valence-electron chi connectivity index (χ2n) is 7.75. The van der Waals surface area contributed by atoms with Crippen LogP contribution in [0.25, 0.3) is 11.1 Å². The van der Waals surface area contributed by atoms with Crippen LogP contribution in [-0.2, 0) is 25.7 Å². The Hall–Kier alpha value is -4.20. The zero-order valence-electron chi connectivity index (χ0n) is 20.8. The van der Waals surface area contributed by atoms with Crippen LogP contribution in [-0.4, -0.2) is 42.2 Å². The minimum absolute atomic E-state index is 0.0212. The molecule has 0 fully saturated rings. The zero-order valence-corrected chi connectivity index (χ0v) is 20.8. The van der Waals surface area contributed by atoms with E-state index >= 15 is 0 Å². The molecule has 0 unspecified atom stereocenters. The summed E-state index contributed by atoms with van der Waals surface area (Å²) in [5, 5.41) is 2.30. The number of nitrogens with one attached hydrogen (secondary N) is 1. The number of carbonyl (C=O) groups is 4. The molecule has 8 heteroatoms. The third-order valence-electron chi connectivity index (χ3n) is 5.40. The second kappa shape index (κ2) is 11.8. The van der Waals surface area contributed by atoms with Gasteiger partial charge in [0, 0.05) is 17.3 Å². The van der Waals surface area contributed by atoms with E-state index in [1.165, 1.54) is 12.0 Å². The number of hydrogen-bond acceptors (Lipinski definition) is 5. The molecule has 0 atom stereocenters. The average Bonchev–Trinajstić information content (AvgIpc) is 3.21. The molecule has 0 saturated carbocycles. The van der Waals surface area contributed by atoms with Gasteiger partial charge in [0.15, 0.2) is 0 Å². The first-order valence-electron chi connectivity index (χ1n) is 11.2. The number of nitrogens with zero attached hydrogens (tertiary/aromatic N) is 2. The maximum Gasteiger partial charge on any atom is 0.353 e. The Kier molecular flexibility index (Phi) is 9.11. The molecule has 3 amide bonds. The molecule has 0 saturated heterocycles. The van der Waals surface area contributed by atoms with Gasteiger partial charge in [-0.2, -0.15) is 0 Å². The van der Waals surface area contributed by atoms with Crippen molar-refractivity contribution < 1.29 is 23.9 Å². The molecule has 0 aliphatic carbocycles. The summed E-state index contributed by atoms with van der Waals surface area (Å²) in [5.41, 5.74) is 3.34. The summed E-state index contributed by atoms with van der Waals surface area (Å²) in [7, 11) is 1.17. The van der Waals surface area contributed by atoms with E-state index in [-0.39, 0.29) is 29.9 Å². The fourth-order valence-electron chi connectivity index (χ4n) is 3.62. The Morgan fingerprint density at radius 3 is 2.23 bits per heavy atom. The van der Waals surface area contributed by atoms with Gasteiger partial charge in [-0.15, -0.1) is 0 Å². The number of amides is 3. The van der Waals surface area contributed by atoms with Gasteiger partial charge in [-0.05, 0) is 48.7 Å². The molecule has 2 aromatic rings. The predicted octanol–water partition coefficient (Wildman–Crippen LogP) is 4.02. The Labute approximate surface area is 205 Å². The van der Waals surface area contributed by atoms with Crippen molar-refractivity contribution in [2.75, 3.05) is 12.0 Å². The molecule has 1 aliphatic heterocycles. The van der Waals surface area contributed by atoms with Gasteiger partial charge in [-0.25, -0.2) is 4.79 Å². The maximum absolute atomic E-state index is 13.0. The fourth-order valence-corrected chi connectivity index (χ4v) is 3.62. The quantitative estimate of drug-likeness (QED) is 0.352. The highest BCUT2D eigenvalue weighted by molar-refractivity contribution is 6.07. The highest BCUT2D eigenvalue weighted by Crippen LogP contribution is 2.35.